The minimum atomic E-state index is 0.799. The zero-order valence-electron chi connectivity index (χ0n) is 17.3. The smallest absolute Gasteiger partial charge is 0.0162 e. The maximum atomic E-state index is 2.35. The second kappa shape index (κ2) is 16.7. The van der Waals surface area contributed by atoms with Gasteiger partial charge in [0.1, 0.15) is 0 Å². The average molecular weight is 345 g/mol. The summed E-state index contributed by atoms with van der Waals surface area (Å²) in [7, 11) is 0. The summed E-state index contributed by atoms with van der Waals surface area (Å²) in [6, 6.07) is 11.3. The van der Waals surface area contributed by atoms with Crippen LogP contribution in [0.25, 0.3) is 0 Å². The molecule has 0 spiro atoms. The Kier molecular flexibility index (Phi) is 14.8. The number of unbranched alkanes of at least 4 members (excludes halogenated alkanes) is 12. The molecule has 1 aromatic rings. The molecule has 0 heteroatoms. The molecule has 0 aliphatic heterocycles. The van der Waals surface area contributed by atoms with Crippen molar-refractivity contribution < 1.29 is 0 Å². The Morgan fingerprint density at radius 1 is 0.520 bits per heavy atom. The molecule has 0 bridgehead atoms. The third-order valence-electron chi connectivity index (χ3n) is 5.58. The summed E-state index contributed by atoms with van der Waals surface area (Å²) in [5.41, 5.74) is 1.58. The van der Waals surface area contributed by atoms with Crippen LogP contribution >= 0.6 is 0 Å². The molecule has 0 aliphatic carbocycles. The quantitative estimate of drug-likeness (QED) is 0.247. The number of benzene rings is 1. The zero-order valence-corrected chi connectivity index (χ0v) is 17.3. The van der Waals surface area contributed by atoms with E-state index in [0.717, 1.165) is 5.92 Å². The lowest BCUT2D eigenvalue weighted by Crippen LogP contribution is -1.99. The summed E-state index contributed by atoms with van der Waals surface area (Å²) < 4.78 is 0. The molecule has 0 unspecified atom stereocenters. The van der Waals surface area contributed by atoms with Crippen molar-refractivity contribution in [2.24, 2.45) is 0 Å². The maximum absolute atomic E-state index is 2.35. The van der Waals surface area contributed by atoms with Gasteiger partial charge in [-0.2, -0.15) is 0 Å². The van der Waals surface area contributed by atoms with Crippen LogP contribution in [0.1, 0.15) is 128 Å². The molecule has 0 N–H and O–H groups in total. The van der Waals surface area contributed by atoms with Gasteiger partial charge in [-0.1, -0.05) is 134 Å². The van der Waals surface area contributed by atoms with E-state index in [1.165, 1.54) is 103 Å². The van der Waals surface area contributed by atoms with Crippen LogP contribution in [0.5, 0.6) is 0 Å². The molecule has 0 saturated heterocycles. The third kappa shape index (κ3) is 12.2. The molecule has 0 fully saturated rings. The van der Waals surface area contributed by atoms with Crippen LogP contribution in [0, 0.1) is 0 Å². The second-order valence-electron chi connectivity index (χ2n) is 7.93. The molecule has 0 aliphatic rings. The highest BCUT2D eigenvalue weighted by Gasteiger charge is 2.10. The average Bonchev–Trinajstić information content (AvgIpc) is 2.65. The Hall–Kier alpha value is -0.780. The Labute approximate surface area is 158 Å². The number of hydrogen-bond donors (Lipinski definition) is 0. The van der Waals surface area contributed by atoms with E-state index in [2.05, 4.69) is 44.2 Å². The van der Waals surface area contributed by atoms with Crippen molar-refractivity contribution in [2.45, 2.75) is 122 Å². The Bertz CT molecular complexity index is 349. The van der Waals surface area contributed by atoms with E-state index < -0.39 is 0 Å². The van der Waals surface area contributed by atoms with Gasteiger partial charge in [0.05, 0.1) is 0 Å². The van der Waals surface area contributed by atoms with Crippen molar-refractivity contribution >= 4 is 0 Å². The lowest BCUT2D eigenvalue weighted by atomic mass is 9.88. The highest BCUT2D eigenvalue weighted by atomic mass is 14.2. The van der Waals surface area contributed by atoms with Gasteiger partial charge in [-0.15, -0.1) is 0 Å². The van der Waals surface area contributed by atoms with E-state index >= 15 is 0 Å². The fourth-order valence-corrected chi connectivity index (χ4v) is 3.90. The van der Waals surface area contributed by atoms with Gasteiger partial charge in [0.15, 0.2) is 0 Å². The largest absolute Gasteiger partial charge is 0.0654 e. The monoisotopic (exact) mass is 344 g/mol. The molecular formula is C25H44. The summed E-state index contributed by atoms with van der Waals surface area (Å²) in [6.45, 7) is 4.60. The zero-order chi connectivity index (χ0) is 18.0. The molecule has 0 heterocycles. The number of rotatable bonds is 17. The minimum absolute atomic E-state index is 0.799. The van der Waals surface area contributed by atoms with Crippen LogP contribution in [-0.4, -0.2) is 0 Å². The van der Waals surface area contributed by atoms with Crippen LogP contribution < -0.4 is 0 Å². The van der Waals surface area contributed by atoms with E-state index in [9.17, 15) is 0 Å². The summed E-state index contributed by atoms with van der Waals surface area (Å²) in [5, 5.41) is 0. The van der Waals surface area contributed by atoms with E-state index in [-0.39, 0.29) is 0 Å². The Morgan fingerprint density at radius 3 is 1.36 bits per heavy atom. The summed E-state index contributed by atoms with van der Waals surface area (Å²) in [5.74, 6) is 0.799. The highest BCUT2D eigenvalue weighted by molar-refractivity contribution is 5.19. The van der Waals surface area contributed by atoms with Crippen LogP contribution in [-0.2, 0) is 0 Å². The molecule has 1 aromatic carbocycles. The van der Waals surface area contributed by atoms with Gasteiger partial charge in [0.25, 0.3) is 0 Å². The molecule has 0 aromatic heterocycles. The van der Waals surface area contributed by atoms with Crippen LogP contribution in [0.2, 0.25) is 0 Å². The predicted molar refractivity (Wildman–Crippen MR) is 114 cm³/mol. The number of hydrogen-bond acceptors (Lipinski definition) is 0. The standard InChI is InChI=1S/C25H44/c1-3-5-7-9-11-13-16-20-24(25-22-18-15-19-23-25)21-17-14-12-10-8-6-4-2/h15,18-19,22-24H,3-14,16-17,20-21H2,1-2H3. The van der Waals surface area contributed by atoms with Gasteiger partial charge in [-0.3, -0.25) is 0 Å². The maximum Gasteiger partial charge on any atom is -0.0162 e. The van der Waals surface area contributed by atoms with Crippen molar-refractivity contribution in [3.63, 3.8) is 0 Å². The lowest BCUT2D eigenvalue weighted by Gasteiger charge is -2.17. The Balaban J connectivity index is 2.21. The first-order chi connectivity index (χ1) is 12.4. The van der Waals surface area contributed by atoms with E-state index in [0.29, 0.717) is 0 Å². The van der Waals surface area contributed by atoms with Crippen LogP contribution in [0.4, 0.5) is 0 Å². The molecule has 0 amide bonds. The molecule has 0 radical (unpaired) electrons. The molecule has 0 saturated carbocycles. The lowest BCUT2D eigenvalue weighted by molar-refractivity contribution is 0.484. The molecule has 0 atom stereocenters. The normalized spacial score (nSPS) is 11.3. The van der Waals surface area contributed by atoms with E-state index in [1.54, 1.807) is 5.56 Å². The van der Waals surface area contributed by atoms with Crippen molar-refractivity contribution in [2.75, 3.05) is 0 Å². The summed E-state index contributed by atoms with van der Waals surface area (Å²) in [6.07, 6.45) is 22.7. The first-order valence-electron chi connectivity index (χ1n) is 11.4. The van der Waals surface area contributed by atoms with Crippen LogP contribution in [0.15, 0.2) is 30.3 Å². The van der Waals surface area contributed by atoms with E-state index in [4.69, 9.17) is 0 Å². The fraction of sp³-hybridized carbons (Fsp3) is 0.760. The fourth-order valence-electron chi connectivity index (χ4n) is 3.90. The molecule has 1 rings (SSSR count). The topological polar surface area (TPSA) is 0 Å². The van der Waals surface area contributed by atoms with Gasteiger partial charge in [0, 0.05) is 0 Å². The second-order valence-corrected chi connectivity index (χ2v) is 7.93. The van der Waals surface area contributed by atoms with Crippen LogP contribution in [0.3, 0.4) is 0 Å². The van der Waals surface area contributed by atoms with Gasteiger partial charge < -0.3 is 0 Å². The molecule has 0 nitrogen and oxygen atoms in total. The summed E-state index contributed by atoms with van der Waals surface area (Å²) >= 11 is 0. The van der Waals surface area contributed by atoms with Gasteiger partial charge in [0.2, 0.25) is 0 Å². The van der Waals surface area contributed by atoms with Gasteiger partial charge in [-0.05, 0) is 24.3 Å². The van der Waals surface area contributed by atoms with Gasteiger partial charge in [-0.25, -0.2) is 0 Å². The first kappa shape index (κ1) is 22.3. The van der Waals surface area contributed by atoms with Crippen molar-refractivity contribution in [3.8, 4) is 0 Å². The van der Waals surface area contributed by atoms with Crippen molar-refractivity contribution in [3.05, 3.63) is 35.9 Å². The molecule has 25 heavy (non-hydrogen) atoms. The van der Waals surface area contributed by atoms with Crippen molar-refractivity contribution in [1.29, 1.82) is 0 Å². The SMILES string of the molecule is CCCCCCCCCC(CCCCCCCCC)c1ccccc1. The third-order valence-corrected chi connectivity index (χ3v) is 5.58. The van der Waals surface area contributed by atoms with Crippen molar-refractivity contribution in [1.82, 2.24) is 0 Å². The molecular weight excluding hydrogens is 300 g/mol. The minimum Gasteiger partial charge on any atom is -0.0654 e. The summed E-state index contributed by atoms with van der Waals surface area (Å²) in [4.78, 5) is 0. The Morgan fingerprint density at radius 2 is 0.920 bits per heavy atom. The first-order valence-corrected chi connectivity index (χ1v) is 11.4. The van der Waals surface area contributed by atoms with Gasteiger partial charge >= 0.3 is 0 Å². The predicted octanol–water partition coefficient (Wildman–Crippen LogP) is 9.05. The highest BCUT2D eigenvalue weighted by Crippen LogP contribution is 2.28. The molecule has 144 valence electrons. The van der Waals surface area contributed by atoms with E-state index in [1.807, 2.05) is 0 Å².